The van der Waals surface area contributed by atoms with Crippen LogP contribution in [-0.4, -0.2) is 58.9 Å². The highest BCUT2D eigenvalue weighted by Crippen LogP contribution is 2.24. The van der Waals surface area contributed by atoms with Crippen LogP contribution < -0.4 is 5.32 Å². The third kappa shape index (κ3) is 7.57. The van der Waals surface area contributed by atoms with Gasteiger partial charge < -0.3 is 20.5 Å². The second-order valence-electron chi connectivity index (χ2n) is 4.68. The fourth-order valence-corrected chi connectivity index (χ4v) is 2.21. The Morgan fingerprint density at radius 3 is 2.70 bits per heavy atom. The molecule has 23 heavy (non-hydrogen) atoms. The van der Waals surface area contributed by atoms with Crippen LogP contribution in [0, 0.1) is 10.1 Å². The molecule has 0 bridgehead atoms. The van der Waals surface area contributed by atoms with Gasteiger partial charge in [0, 0.05) is 26.2 Å². The first-order chi connectivity index (χ1) is 10.7. The Bertz CT molecular complexity index is 531. The first-order valence-electron chi connectivity index (χ1n) is 6.66. The third-order valence-electron chi connectivity index (χ3n) is 2.79. The van der Waals surface area contributed by atoms with E-state index in [1.165, 1.54) is 12.3 Å². The minimum Gasteiger partial charge on any atom is -0.396 e. The highest BCUT2D eigenvalue weighted by Gasteiger charge is 2.30. The molecular formula is C12H16BrF3N4O3. The van der Waals surface area contributed by atoms with Gasteiger partial charge in [0.25, 0.3) is 0 Å². The highest BCUT2D eigenvalue weighted by atomic mass is 79.9. The van der Waals surface area contributed by atoms with Crippen LogP contribution in [0.5, 0.6) is 0 Å². The maximum Gasteiger partial charge on any atom is 0.401 e. The number of nitro groups is 1. The van der Waals surface area contributed by atoms with E-state index in [0.29, 0.717) is 4.47 Å². The van der Waals surface area contributed by atoms with E-state index < -0.39 is 23.5 Å². The van der Waals surface area contributed by atoms with Crippen LogP contribution >= 0.6 is 15.9 Å². The van der Waals surface area contributed by atoms with Gasteiger partial charge in [-0.2, -0.15) is 13.2 Å². The lowest BCUT2D eigenvalue weighted by molar-refractivity contribution is -0.388. The van der Waals surface area contributed by atoms with Gasteiger partial charge >= 0.3 is 12.0 Å². The van der Waals surface area contributed by atoms with Crippen LogP contribution in [-0.2, 0) is 0 Å². The molecule has 1 aromatic rings. The lowest BCUT2D eigenvalue weighted by atomic mass is 10.3. The lowest BCUT2D eigenvalue weighted by Crippen LogP contribution is -2.38. The zero-order valence-electron chi connectivity index (χ0n) is 12.0. The maximum atomic E-state index is 12.5. The number of aliphatic hydroxyl groups excluding tert-OH is 1. The molecule has 0 aromatic carbocycles. The Kier molecular flexibility index (Phi) is 7.65. The fraction of sp³-hybridized carbons (Fsp3) is 0.583. The van der Waals surface area contributed by atoms with Gasteiger partial charge in [0.2, 0.25) is 0 Å². The van der Waals surface area contributed by atoms with Gasteiger partial charge in [0.05, 0.1) is 11.0 Å². The molecule has 2 N–H and O–H groups in total. The largest absolute Gasteiger partial charge is 0.401 e. The van der Waals surface area contributed by atoms with Crippen molar-refractivity contribution in [2.24, 2.45) is 0 Å². The molecule has 130 valence electrons. The standard InChI is InChI=1S/C12H16BrF3N4O3/c13-9-6-10(11(18-7-9)20(22)23)17-2-4-19(3-1-5-21)8-12(14,15)16/h6-7,17,21H,1-5,8H2. The summed E-state index contributed by atoms with van der Waals surface area (Å²) in [5.41, 5.74) is 0.124. The number of nitrogens with zero attached hydrogens (tertiary/aromatic N) is 3. The number of rotatable bonds is 9. The summed E-state index contributed by atoms with van der Waals surface area (Å²) in [4.78, 5) is 15.0. The number of hydrogen-bond donors (Lipinski definition) is 2. The second-order valence-corrected chi connectivity index (χ2v) is 5.59. The Morgan fingerprint density at radius 2 is 2.13 bits per heavy atom. The quantitative estimate of drug-likeness (QED) is 0.488. The topological polar surface area (TPSA) is 91.5 Å². The average molecular weight is 401 g/mol. The van der Waals surface area contributed by atoms with E-state index in [9.17, 15) is 23.3 Å². The smallest absolute Gasteiger partial charge is 0.396 e. The summed E-state index contributed by atoms with van der Waals surface area (Å²) >= 11 is 3.13. The SMILES string of the molecule is O=[N+]([O-])c1ncc(Br)cc1NCCN(CCCO)CC(F)(F)F. The summed E-state index contributed by atoms with van der Waals surface area (Å²) in [7, 11) is 0. The molecule has 0 aliphatic carbocycles. The Morgan fingerprint density at radius 1 is 1.43 bits per heavy atom. The zero-order valence-corrected chi connectivity index (χ0v) is 13.6. The molecule has 1 rings (SSSR count). The average Bonchev–Trinajstić information content (AvgIpc) is 2.42. The molecule has 0 aliphatic heterocycles. The van der Waals surface area contributed by atoms with Gasteiger partial charge in [-0.05, 0) is 38.3 Å². The van der Waals surface area contributed by atoms with Crippen LogP contribution in [0.25, 0.3) is 0 Å². The highest BCUT2D eigenvalue weighted by molar-refractivity contribution is 9.10. The molecular weight excluding hydrogens is 385 g/mol. The molecule has 0 radical (unpaired) electrons. The van der Waals surface area contributed by atoms with Crippen LogP contribution in [0.1, 0.15) is 6.42 Å². The fourth-order valence-electron chi connectivity index (χ4n) is 1.87. The number of aromatic nitrogens is 1. The van der Waals surface area contributed by atoms with Crippen LogP contribution in [0.15, 0.2) is 16.7 Å². The number of halogens is 4. The third-order valence-corrected chi connectivity index (χ3v) is 3.22. The molecule has 7 nitrogen and oxygen atoms in total. The van der Waals surface area contributed by atoms with Crippen molar-refractivity contribution in [1.82, 2.24) is 9.88 Å². The Balaban J connectivity index is 2.65. The van der Waals surface area contributed by atoms with E-state index in [-0.39, 0.29) is 38.3 Å². The van der Waals surface area contributed by atoms with Crippen molar-refractivity contribution < 1.29 is 23.2 Å². The monoisotopic (exact) mass is 400 g/mol. The van der Waals surface area contributed by atoms with Gasteiger partial charge in [-0.15, -0.1) is 0 Å². The Labute approximate surface area is 138 Å². The van der Waals surface area contributed by atoms with Crippen LogP contribution in [0.3, 0.4) is 0 Å². The van der Waals surface area contributed by atoms with E-state index in [0.717, 1.165) is 4.90 Å². The molecule has 0 aliphatic rings. The van der Waals surface area contributed by atoms with Crippen molar-refractivity contribution in [1.29, 1.82) is 0 Å². The molecule has 1 aromatic heterocycles. The minimum atomic E-state index is -4.35. The second kappa shape index (κ2) is 8.99. The first-order valence-corrected chi connectivity index (χ1v) is 7.46. The first kappa shape index (κ1) is 19.6. The van der Waals surface area contributed by atoms with E-state index in [1.54, 1.807) is 0 Å². The number of anilines is 1. The van der Waals surface area contributed by atoms with Gasteiger partial charge in [0.1, 0.15) is 5.69 Å². The predicted octanol–water partition coefficient (Wildman–Crippen LogP) is 2.41. The molecule has 0 spiro atoms. The predicted molar refractivity (Wildman–Crippen MR) is 81.3 cm³/mol. The number of alkyl halides is 3. The van der Waals surface area contributed by atoms with E-state index in [4.69, 9.17) is 5.11 Å². The van der Waals surface area contributed by atoms with Crippen LogP contribution in [0.2, 0.25) is 0 Å². The molecule has 1 heterocycles. The normalized spacial score (nSPS) is 11.7. The molecule has 11 heteroatoms. The zero-order chi connectivity index (χ0) is 17.5. The maximum absolute atomic E-state index is 12.5. The van der Waals surface area contributed by atoms with Gasteiger partial charge in [0.15, 0.2) is 6.20 Å². The molecule has 0 saturated carbocycles. The van der Waals surface area contributed by atoms with Crippen molar-refractivity contribution >= 4 is 27.4 Å². The summed E-state index contributed by atoms with van der Waals surface area (Å²) in [5, 5.41) is 22.3. The molecule has 0 atom stereocenters. The van der Waals surface area contributed by atoms with Gasteiger partial charge in [-0.25, -0.2) is 0 Å². The summed E-state index contributed by atoms with van der Waals surface area (Å²) in [6.07, 6.45) is -2.87. The summed E-state index contributed by atoms with van der Waals surface area (Å²) in [6, 6.07) is 1.44. The van der Waals surface area contributed by atoms with E-state index in [2.05, 4.69) is 26.2 Å². The summed E-state index contributed by atoms with van der Waals surface area (Å²) in [5.74, 6) is -0.397. The number of aliphatic hydroxyl groups is 1. The van der Waals surface area contributed by atoms with Gasteiger partial charge in [-0.3, -0.25) is 4.90 Å². The van der Waals surface area contributed by atoms with Crippen molar-refractivity contribution in [2.75, 3.05) is 38.1 Å². The van der Waals surface area contributed by atoms with E-state index in [1.807, 2.05) is 0 Å². The summed E-state index contributed by atoms with van der Waals surface area (Å²) < 4.78 is 37.9. The van der Waals surface area contributed by atoms with Crippen molar-refractivity contribution in [3.8, 4) is 0 Å². The minimum absolute atomic E-state index is 0.0170. The number of pyridine rings is 1. The number of hydrogen-bond acceptors (Lipinski definition) is 6. The van der Waals surface area contributed by atoms with E-state index >= 15 is 0 Å². The Hall–Kier alpha value is -1.46. The lowest BCUT2D eigenvalue weighted by Gasteiger charge is -2.23. The molecule has 0 amide bonds. The summed E-state index contributed by atoms with van der Waals surface area (Å²) in [6.45, 7) is -1.14. The molecule has 0 fully saturated rings. The van der Waals surface area contributed by atoms with Crippen molar-refractivity contribution in [2.45, 2.75) is 12.6 Å². The van der Waals surface area contributed by atoms with Crippen molar-refractivity contribution in [3.63, 3.8) is 0 Å². The number of nitrogens with one attached hydrogen (secondary N) is 1. The van der Waals surface area contributed by atoms with Crippen LogP contribution in [0.4, 0.5) is 24.7 Å². The molecule has 0 saturated heterocycles. The van der Waals surface area contributed by atoms with Crippen molar-refractivity contribution in [3.05, 3.63) is 26.9 Å². The molecule has 0 unspecified atom stereocenters. The van der Waals surface area contributed by atoms with Gasteiger partial charge in [-0.1, -0.05) is 0 Å².